The van der Waals surface area contributed by atoms with E-state index < -0.39 is 0 Å². The van der Waals surface area contributed by atoms with Crippen molar-refractivity contribution >= 4 is 23.2 Å². The van der Waals surface area contributed by atoms with Crippen molar-refractivity contribution in [2.24, 2.45) is 0 Å². The molecule has 0 saturated heterocycles. The minimum absolute atomic E-state index is 0.137. The summed E-state index contributed by atoms with van der Waals surface area (Å²) in [5.74, 6) is -0.450. The van der Waals surface area contributed by atoms with Crippen LogP contribution in [0.3, 0.4) is 0 Å². The van der Waals surface area contributed by atoms with E-state index in [0.29, 0.717) is 11.6 Å². The molecule has 0 saturated carbocycles. The fourth-order valence-electron chi connectivity index (χ4n) is 2.13. The van der Waals surface area contributed by atoms with Crippen molar-refractivity contribution in [3.05, 3.63) is 70.9 Å². The Kier molecular flexibility index (Phi) is 4.06. The van der Waals surface area contributed by atoms with Crippen molar-refractivity contribution in [2.75, 3.05) is 0 Å². The minimum Gasteiger partial charge on any atom is -0.350 e. The number of benzene rings is 1. The molecule has 6 heteroatoms. The molecule has 0 spiro atoms. The molecule has 4 nitrogen and oxygen atoms in total. The second-order valence-corrected chi connectivity index (χ2v) is 5.36. The maximum absolute atomic E-state index is 12.8. The van der Waals surface area contributed by atoms with Gasteiger partial charge in [0.15, 0.2) is 0 Å². The van der Waals surface area contributed by atoms with Crippen LogP contribution in [0.5, 0.6) is 0 Å². The number of amides is 1. The fraction of sp³-hybridized carbons (Fsp3) is 0.125. The van der Waals surface area contributed by atoms with Gasteiger partial charge < -0.3 is 9.72 Å². The van der Waals surface area contributed by atoms with E-state index >= 15 is 0 Å². The van der Waals surface area contributed by atoms with Crippen LogP contribution < -0.4 is 5.32 Å². The zero-order valence-electron chi connectivity index (χ0n) is 11.6. The predicted octanol–water partition coefficient (Wildman–Crippen LogP) is 2.99. The summed E-state index contributed by atoms with van der Waals surface area (Å²) in [6, 6.07) is 9.41. The van der Waals surface area contributed by atoms with Crippen LogP contribution in [0, 0.1) is 5.82 Å². The lowest BCUT2D eigenvalue weighted by molar-refractivity contribution is -0.120. The highest BCUT2D eigenvalue weighted by Crippen LogP contribution is 2.12. The Morgan fingerprint density at radius 1 is 1.27 bits per heavy atom. The zero-order valence-corrected chi connectivity index (χ0v) is 12.3. The monoisotopic (exact) mass is 317 g/mol. The van der Waals surface area contributed by atoms with E-state index in [9.17, 15) is 9.18 Å². The number of nitrogens with one attached hydrogen (secondary N) is 1. The Bertz CT molecular complexity index is 814. The van der Waals surface area contributed by atoms with Crippen molar-refractivity contribution in [2.45, 2.75) is 13.0 Å². The molecular weight excluding hydrogens is 305 g/mol. The molecule has 1 N–H and O–H groups in total. The summed E-state index contributed by atoms with van der Waals surface area (Å²) in [5.41, 5.74) is 2.24. The number of imidazole rings is 1. The van der Waals surface area contributed by atoms with Crippen molar-refractivity contribution in [1.82, 2.24) is 14.7 Å². The van der Waals surface area contributed by atoms with Gasteiger partial charge in [0.1, 0.15) is 11.5 Å². The first-order chi connectivity index (χ1) is 10.6. The molecule has 0 bridgehead atoms. The van der Waals surface area contributed by atoms with Crippen LogP contribution >= 0.6 is 11.6 Å². The molecule has 2 heterocycles. The van der Waals surface area contributed by atoms with Gasteiger partial charge in [-0.1, -0.05) is 23.7 Å². The molecule has 22 heavy (non-hydrogen) atoms. The van der Waals surface area contributed by atoms with Crippen LogP contribution in [-0.2, 0) is 17.8 Å². The van der Waals surface area contributed by atoms with Crippen molar-refractivity contribution in [3.8, 4) is 0 Å². The third kappa shape index (κ3) is 3.43. The summed E-state index contributed by atoms with van der Waals surface area (Å²) in [5, 5.41) is 3.41. The molecule has 0 unspecified atom stereocenters. The third-order valence-corrected chi connectivity index (χ3v) is 3.45. The van der Waals surface area contributed by atoms with Crippen molar-refractivity contribution in [3.63, 3.8) is 0 Å². The molecule has 3 aromatic rings. The summed E-state index contributed by atoms with van der Waals surface area (Å²) >= 11 is 5.91. The highest BCUT2D eigenvalue weighted by Gasteiger charge is 2.06. The van der Waals surface area contributed by atoms with E-state index in [4.69, 9.17) is 11.6 Å². The van der Waals surface area contributed by atoms with Gasteiger partial charge in [-0.2, -0.15) is 0 Å². The second-order valence-electron chi connectivity index (χ2n) is 4.92. The maximum atomic E-state index is 12.8. The number of aromatic nitrogens is 2. The van der Waals surface area contributed by atoms with Gasteiger partial charge in [-0.15, -0.1) is 0 Å². The van der Waals surface area contributed by atoms with Crippen LogP contribution in [0.4, 0.5) is 4.39 Å². The number of fused-ring (bicyclic) bond motifs is 1. The Morgan fingerprint density at radius 2 is 2.05 bits per heavy atom. The molecule has 2 aromatic heterocycles. The summed E-state index contributed by atoms with van der Waals surface area (Å²) in [6.45, 7) is 0.333. The largest absolute Gasteiger partial charge is 0.350 e. The number of pyridine rings is 1. The van der Waals surface area contributed by atoms with Gasteiger partial charge in [-0.05, 0) is 29.8 Å². The average Bonchev–Trinajstić information content (AvgIpc) is 2.89. The molecule has 0 atom stereocenters. The Hall–Kier alpha value is -2.40. The number of carbonyl (C=O) groups is 1. The lowest BCUT2D eigenvalue weighted by Gasteiger charge is -2.03. The smallest absolute Gasteiger partial charge is 0.224 e. The SMILES string of the molecule is O=C(Cc1ccc(F)cc1)NCc1cn2ccc(Cl)cc2n1. The van der Waals surface area contributed by atoms with E-state index in [-0.39, 0.29) is 18.1 Å². The van der Waals surface area contributed by atoms with Gasteiger partial charge in [0.05, 0.1) is 18.7 Å². The summed E-state index contributed by atoms with van der Waals surface area (Å²) in [6.07, 6.45) is 3.86. The topological polar surface area (TPSA) is 46.4 Å². The lowest BCUT2D eigenvalue weighted by atomic mass is 10.1. The third-order valence-electron chi connectivity index (χ3n) is 3.22. The summed E-state index contributed by atoms with van der Waals surface area (Å²) < 4.78 is 14.6. The zero-order chi connectivity index (χ0) is 15.5. The van der Waals surface area contributed by atoms with Crippen molar-refractivity contribution < 1.29 is 9.18 Å². The molecule has 0 aliphatic heterocycles. The summed E-state index contributed by atoms with van der Waals surface area (Å²) in [7, 11) is 0. The number of halogens is 2. The van der Waals surface area contributed by atoms with Gasteiger partial charge in [0, 0.05) is 17.4 Å². The number of hydrogen-bond acceptors (Lipinski definition) is 2. The number of carbonyl (C=O) groups excluding carboxylic acids is 1. The lowest BCUT2D eigenvalue weighted by Crippen LogP contribution is -2.24. The van der Waals surface area contributed by atoms with Crippen LogP contribution in [0.25, 0.3) is 5.65 Å². The summed E-state index contributed by atoms with van der Waals surface area (Å²) in [4.78, 5) is 16.3. The van der Waals surface area contributed by atoms with E-state index in [1.165, 1.54) is 12.1 Å². The Morgan fingerprint density at radius 3 is 2.82 bits per heavy atom. The van der Waals surface area contributed by atoms with Gasteiger partial charge in [0.25, 0.3) is 0 Å². The standard InChI is InChI=1S/C16H13ClFN3O/c17-12-5-6-21-10-14(20-15(21)8-12)9-19-16(22)7-11-1-3-13(18)4-2-11/h1-6,8,10H,7,9H2,(H,19,22). The molecule has 112 valence electrons. The Labute approximate surface area is 131 Å². The quantitative estimate of drug-likeness (QED) is 0.804. The van der Waals surface area contributed by atoms with Crippen LogP contribution in [0.2, 0.25) is 5.02 Å². The number of rotatable bonds is 4. The van der Waals surface area contributed by atoms with Crippen LogP contribution in [0.1, 0.15) is 11.3 Å². The van der Waals surface area contributed by atoms with Gasteiger partial charge in [-0.3, -0.25) is 4.79 Å². The minimum atomic E-state index is -0.312. The van der Waals surface area contributed by atoms with E-state index in [0.717, 1.165) is 16.9 Å². The van der Waals surface area contributed by atoms with E-state index in [1.807, 2.05) is 16.8 Å². The first-order valence-electron chi connectivity index (χ1n) is 6.74. The highest BCUT2D eigenvalue weighted by molar-refractivity contribution is 6.30. The normalized spacial score (nSPS) is 10.8. The highest BCUT2D eigenvalue weighted by atomic mass is 35.5. The maximum Gasteiger partial charge on any atom is 0.224 e. The Balaban J connectivity index is 1.61. The number of hydrogen-bond donors (Lipinski definition) is 1. The molecular formula is C16H13ClFN3O. The molecule has 1 aromatic carbocycles. The molecule has 1 amide bonds. The molecule has 0 radical (unpaired) electrons. The molecule has 0 aliphatic carbocycles. The second kappa shape index (κ2) is 6.15. The molecule has 3 rings (SSSR count). The predicted molar refractivity (Wildman–Crippen MR) is 82.2 cm³/mol. The van der Waals surface area contributed by atoms with Gasteiger partial charge in [0.2, 0.25) is 5.91 Å². The van der Waals surface area contributed by atoms with Crippen LogP contribution in [-0.4, -0.2) is 15.3 Å². The van der Waals surface area contributed by atoms with Crippen molar-refractivity contribution in [1.29, 1.82) is 0 Å². The number of nitrogens with zero attached hydrogens (tertiary/aromatic N) is 2. The van der Waals surface area contributed by atoms with Gasteiger partial charge >= 0.3 is 0 Å². The average molecular weight is 318 g/mol. The van der Waals surface area contributed by atoms with E-state index in [1.54, 1.807) is 24.3 Å². The molecule has 0 aliphatic rings. The first-order valence-corrected chi connectivity index (χ1v) is 7.12. The fourth-order valence-corrected chi connectivity index (χ4v) is 2.29. The van der Waals surface area contributed by atoms with E-state index in [2.05, 4.69) is 10.3 Å². The van der Waals surface area contributed by atoms with Crippen LogP contribution in [0.15, 0.2) is 48.8 Å². The molecule has 0 fully saturated rings. The first kappa shape index (κ1) is 14.5. The van der Waals surface area contributed by atoms with Gasteiger partial charge in [-0.25, -0.2) is 9.37 Å².